The van der Waals surface area contributed by atoms with Crippen molar-refractivity contribution < 1.29 is 9.15 Å². The minimum absolute atomic E-state index is 0.281. The molecule has 3 rings (SSSR count). The number of hydrogen-bond acceptors (Lipinski definition) is 5. The predicted octanol–water partition coefficient (Wildman–Crippen LogP) is 2.65. The molecule has 2 aromatic rings. The van der Waals surface area contributed by atoms with Crippen molar-refractivity contribution in [3.63, 3.8) is 0 Å². The maximum Gasteiger partial charge on any atom is 0.216 e. The summed E-state index contributed by atoms with van der Waals surface area (Å²) in [5, 5.41) is 8.02. The van der Waals surface area contributed by atoms with Gasteiger partial charge >= 0.3 is 0 Å². The van der Waals surface area contributed by atoms with Crippen LogP contribution in [0.3, 0.4) is 0 Å². The maximum atomic E-state index is 5.70. The Kier molecular flexibility index (Phi) is 5.58. The highest BCUT2D eigenvalue weighted by Crippen LogP contribution is 2.25. The van der Waals surface area contributed by atoms with Gasteiger partial charge in [0.15, 0.2) is 0 Å². The van der Waals surface area contributed by atoms with Gasteiger partial charge in [-0.3, -0.25) is 4.90 Å². The number of likely N-dealkylation sites (tertiary alicyclic amines) is 1. The highest BCUT2D eigenvalue weighted by Gasteiger charge is 2.24. The highest BCUT2D eigenvalue weighted by molar-refractivity contribution is 5.30. The fourth-order valence-electron chi connectivity index (χ4n) is 3.59. The van der Waals surface area contributed by atoms with Gasteiger partial charge in [0.2, 0.25) is 5.88 Å². The number of nitrogens with zero attached hydrogens (tertiary/aromatic N) is 3. The van der Waals surface area contributed by atoms with Crippen molar-refractivity contribution in [2.24, 2.45) is 7.05 Å². The lowest BCUT2D eigenvalue weighted by atomic mass is 10.1. The van der Waals surface area contributed by atoms with Gasteiger partial charge in [0, 0.05) is 20.1 Å². The molecule has 6 nitrogen and oxygen atoms in total. The number of ether oxygens (including phenoxy) is 1. The monoisotopic (exact) mass is 332 g/mol. The average molecular weight is 332 g/mol. The van der Waals surface area contributed by atoms with E-state index < -0.39 is 0 Å². The molecular formula is C18H28N4O2. The number of piperidine rings is 1. The summed E-state index contributed by atoms with van der Waals surface area (Å²) in [6, 6.07) is 4.33. The third kappa shape index (κ3) is 3.65. The van der Waals surface area contributed by atoms with Crippen LogP contribution in [0, 0.1) is 6.92 Å². The number of rotatable bonds is 7. The highest BCUT2D eigenvalue weighted by atomic mass is 16.5. The molecule has 0 aliphatic carbocycles. The van der Waals surface area contributed by atoms with Crippen LogP contribution in [0.25, 0.3) is 0 Å². The zero-order valence-corrected chi connectivity index (χ0v) is 14.9. The Labute approximate surface area is 143 Å². The molecule has 2 aromatic heterocycles. The second-order valence-corrected chi connectivity index (χ2v) is 6.46. The number of aryl methyl sites for hydroxylation is 2. The summed E-state index contributed by atoms with van der Waals surface area (Å²) in [6.07, 6.45) is 5.64. The molecule has 1 atom stereocenters. The van der Waals surface area contributed by atoms with E-state index in [1.807, 2.05) is 20.0 Å². The second kappa shape index (κ2) is 7.85. The first-order valence-corrected chi connectivity index (χ1v) is 8.75. The number of nitrogens with one attached hydrogen (secondary N) is 1. The van der Waals surface area contributed by atoms with Crippen LogP contribution in [-0.4, -0.2) is 41.4 Å². The predicted molar refractivity (Wildman–Crippen MR) is 93.1 cm³/mol. The van der Waals surface area contributed by atoms with E-state index in [-0.39, 0.29) is 6.04 Å². The number of furan rings is 1. The molecule has 1 aliphatic rings. The first kappa shape index (κ1) is 17.0. The Morgan fingerprint density at radius 1 is 1.33 bits per heavy atom. The van der Waals surface area contributed by atoms with Crippen molar-refractivity contribution in [1.82, 2.24) is 20.0 Å². The molecule has 0 spiro atoms. The third-order valence-electron chi connectivity index (χ3n) is 4.82. The molecular weight excluding hydrogens is 304 g/mol. The van der Waals surface area contributed by atoms with Crippen molar-refractivity contribution in [2.45, 2.75) is 38.8 Å². The molecule has 1 aliphatic heterocycles. The molecule has 0 amide bonds. The van der Waals surface area contributed by atoms with Gasteiger partial charge in [-0.1, -0.05) is 6.42 Å². The Balaban J connectivity index is 1.66. The van der Waals surface area contributed by atoms with Gasteiger partial charge in [0.05, 0.1) is 30.7 Å². The molecule has 1 fully saturated rings. The van der Waals surface area contributed by atoms with Crippen molar-refractivity contribution in [2.75, 3.05) is 26.7 Å². The van der Waals surface area contributed by atoms with E-state index in [0.29, 0.717) is 0 Å². The van der Waals surface area contributed by atoms with E-state index in [2.05, 4.69) is 21.4 Å². The van der Waals surface area contributed by atoms with Crippen molar-refractivity contribution in [3.05, 3.63) is 35.4 Å². The summed E-state index contributed by atoms with van der Waals surface area (Å²) in [7, 11) is 3.61. The Morgan fingerprint density at radius 2 is 2.12 bits per heavy atom. The Bertz CT molecular complexity index is 630. The van der Waals surface area contributed by atoms with Crippen LogP contribution in [0.5, 0.6) is 5.88 Å². The summed E-state index contributed by atoms with van der Waals surface area (Å²) < 4.78 is 13.0. The van der Waals surface area contributed by atoms with Crippen LogP contribution in [-0.2, 0) is 13.6 Å². The fourth-order valence-corrected chi connectivity index (χ4v) is 3.59. The van der Waals surface area contributed by atoms with Gasteiger partial charge in [0.1, 0.15) is 5.76 Å². The van der Waals surface area contributed by atoms with Crippen molar-refractivity contribution in [1.29, 1.82) is 0 Å². The van der Waals surface area contributed by atoms with E-state index >= 15 is 0 Å². The molecule has 0 radical (unpaired) electrons. The molecule has 3 heterocycles. The zero-order valence-electron chi connectivity index (χ0n) is 14.9. The Hall–Kier alpha value is -1.79. The molecule has 0 saturated carbocycles. The van der Waals surface area contributed by atoms with Gasteiger partial charge < -0.3 is 14.5 Å². The molecule has 1 unspecified atom stereocenters. The molecule has 0 bridgehead atoms. The van der Waals surface area contributed by atoms with Gasteiger partial charge in [-0.05, 0) is 45.0 Å². The van der Waals surface area contributed by atoms with Crippen LogP contribution >= 0.6 is 0 Å². The normalized spacial score (nSPS) is 17.1. The Morgan fingerprint density at radius 3 is 2.79 bits per heavy atom. The van der Waals surface area contributed by atoms with Crippen LogP contribution in [0.1, 0.15) is 42.3 Å². The summed E-state index contributed by atoms with van der Waals surface area (Å²) in [4.78, 5) is 2.53. The minimum atomic E-state index is 0.281. The van der Waals surface area contributed by atoms with E-state index in [1.54, 1.807) is 18.1 Å². The minimum Gasteiger partial charge on any atom is -0.481 e. The fraction of sp³-hybridized carbons (Fsp3) is 0.611. The second-order valence-electron chi connectivity index (χ2n) is 6.46. The van der Waals surface area contributed by atoms with E-state index in [9.17, 15) is 0 Å². The largest absolute Gasteiger partial charge is 0.481 e. The summed E-state index contributed by atoms with van der Waals surface area (Å²) in [5.41, 5.74) is 2.13. The smallest absolute Gasteiger partial charge is 0.216 e. The lowest BCUT2D eigenvalue weighted by molar-refractivity contribution is 0.142. The lowest BCUT2D eigenvalue weighted by Gasteiger charge is -2.33. The molecule has 6 heteroatoms. The number of methoxy groups -OCH3 is 1. The van der Waals surface area contributed by atoms with E-state index in [0.717, 1.165) is 49.1 Å². The third-order valence-corrected chi connectivity index (χ3v) is 4.82. The van der Waals surface area contributed by atoms with E-state index in [1.165, 1.54) is 19.3 Å². The molecule has 132 valence electrons. The van der Waals surface area contributed by atoms with Gasteiger partial charge in [-0.2, -0.15) is 5.10 Å². The molecule has 0 aromatic carbocycles. The maximum absolute atomic E-state index is 5.70. The number of hydrogen-bond donors (Lipinski definition) is 1. The van der Waals surface area contributed by atoms with Gasteiger partial charge in [-0.15, -0.1) is 0 Å². The quantitative estimate of drug-likeness (QED) is 0.845. The molecule has 24 heavy (non-hydrogen) atoms. The zero-order chi connectivity index (χ0) is 16.9. The van der Waals surface area contributed by atoms with Crippen molar-refractivity contribution in [3.8, 4) is 5.88 Å². The first-order chi connectivity index (χ1) is 11.7. The van der Waals surface area contributed by atoms with Gasteiger partial charge in [0.25, 0.3) is 0 Å². The topological polar surface area (TPSA) is 55.5 Å². The van der Waals surface area contributed by atoms with Gasteiger partial charge in [-0.25, -0.2) is 4.68 Å². The first-order valence-electron chi connectivity index (χ1n) is 8.75. The van der Waals surface area contributed by atoms with Crippen LogP contribution in [0.15, 0.2) is 22.8 Å². The summed E-state index contributed by atoms with van der Waals surface area (Å²) in [6.45, 7) is 5.90. The van der Waals surface area contributed by atoms with Crippen LogP contribution in [0.4, 0.5) is 0 Å². The standard InChI is InChI=1S/C18H28N4O2/c1-14-15(18(23-3)21(2)20-14)12-19-13-16(17-8-7-11-24-17)22-9-5-4-6-10-22/h7-8,11,16,19H,4-6,9-10,12-13H2,1-3H3. The molecule has 1 N–H and O–H groups in total. The lowest BCUT2D eigenvalue weighted by Crippen LogP contribution is -2.38. The average Bonchev–Trinajstić information content (AvgIpc) is 3.20. The summed E-state index contributed by atoms with van der Waals surface area (Å²) >= 11 is 0. The summed E-state index contributed by atoms with van der Waals surface area (Å²) in [5.74, 6) is 1.87. The van der Waals surface area contributed by atoms with Crippen LogP contribution < -0.4 is 10.1 Å². The van der Waals surface area contributed by atoms with Crippen molar-refractivity contribution >= 4 is 0 Å². The van der Waals surface area contributed by atoms with E-state index in [4.69, 9.17) is 9.15 Å². The number of aromatic nitrogens is 2. The molecule has 1 saturated heterocycles. The SMILES string of the molecule is COc1c(CNCC(c2ccco2)N2CCCCC2)c(C)nn1C. The van der Waals surface area contributed by atoms with Crippen LogP contribution in [0.2, 0.25) is 0 Å².